The molecule has 1 fully saturated rings. The van der Waals surface area contributed by atoms with Crippen molar-refractivity contribution in [2.45, 2.75) is 36.5 Å². The molecule has 2 heterocycles. The molecule has 1 N–H and O–H groups in total. The van der Waals surface area contributed by atoms with Crippen molar-refractivity contribution in [2.24, 2.45) is 9.98 Å². The third-order valence-electron chi connectivity index (χ3n) is 5.54. The standard InChI is InChI=1S/C23H23F4N5O3S/c1-14-10-20(32(14)36(34,35)18-7-5-16(24)6-8-18)22(33)31-13-17(28-2)11-19(29-3)15-4-9-21(30-12-15)23(25,26)27/h4-9,11-12,14,20H,2,10,13H2,1,3H3,(H,31,33)/b17-11-,29-19?/t14-,20+/m1/s1. The molecule has 0 radical (unpaired) electrons. The maximum atomic E-state index is 13.2. The number of nitrogens with zero attached hydrogens (tertiary/aromatic N) is 4. The van der Waals surface area contributed by atoms with Crippen LogP contribution in [-0.4, -0.2) is 61.7 Å². The smallest absolute Gasteiger partial charge is 0.349 e. The average Bonchev–Trinajstić information content (AvgIpc) is 2.82. The minimum absolute atomic E-state index is 0.129. The van der Waals surface area contributed by atoms with Crippen LogP contribution in [0.5, 0.6) is 0 Å². The van der Waals surface area contributed by atoms with E-state index in [0.29, 0.717) is 5.56 Å². The number of amides is 1. The molecular formula is C23H23F4N5O3S. The lowest BCUT2D eigenvalue weighted by Crippen LogP contribution is -2.62. The molecule has 0 aliphatic carbocycles. The number of carbonyl (C=O) groups excluding carboxylic acids is 1. The summed E-state index contributed by atoms with van der Waals surface area (Å²) in [5, 5.41) is 2.60. The summed E-state index contributed by atoms with van der Waals surface area (Å²) in [6.45, 7) is 4.95. The Kier molecular flexibility index (Phi) is 8.04. The number of carbonyl (C=O) groups is 1. The summed E-state index contributed by atoms with van der Waals surface area (Å²) in [7, 11) is -2.60. The zero-order valence-corrected chi connectivity index (χ0v) is 20.1. The monoisotopic (exact) mass is 525 g/mol. The van der Waals surface area contributed by atoms with Gasteiger partial charge in [-0.05, 0) is 62.5 Å². The summed E-state index contributed by atoms with van der Waals surface area (Å²) in [6.07, 6.45) is -1.85. The molecule has 13 heteroatoms. The molecule has 1 aromatic carbocycles. The van der Waals surface area contributed by atoms with E-state index in [1.165, 1.54) is 19.2 Å². The molecule has 2 aromatic rings. The Labute approximate surface area is 205 Å². The van der Waals surface area contributed by atoms with Gasteiger partial charge in [-0.15, -0.1) is 0 Å². The van der Waals surface area contributed by atoms with E-state index < -0.39 is 45.7 Å². The van der Waals surface area contributed by atoms with Crippen molar-refractivity contribution < 1.29 is 30.8 Å². The van der Waals surface area contributed by atoms with Crippen LogP contribution in [0.15, 0.2) is 69.2 Å². The Hall–Kier alpha value is -3.45. The predicted octanol–water partition coefficient (Wildman–Crippen LogP) is 3.21. The van der Waals surface area contributed by atoms with E-state index in [4.69, 9.17) is 0 Å². The highest BCUT2D eigenvalue weighted by Gasteiger charge is 2.48. The summed E-state index contributed by atoms with van der Waals surface area (Å²) in [4.78, 5) is 23.9. The van der Waals surface area contributed by atoms with Gasteiger partial charge in [0.25, 0.3) is 0 Å². The molecule has 192 valence electrons. The maximum Gasteiger partial charge on any atom is 0.433 e. The first-order chi connectivity index (χ1) is 16.9. The fraction of sp³-hybridized carbons (Fsp3) is 0.304. The van der Waals surface area contributed by atoms with Gasteiger partial charge in [0.05, 0.1) is 22.8 Å². The molecule has 0 saturated carbocycles. The maximum absolute atomic E-state index is 13.2. The molecule has 1 aromatic heterocycles. The molecule has 1 aliphatic rings. The van der Waals surface area contributed by atoms with Gasteiger partial charge in [0.2, 0.25) is 15.9 Å². The summed E-state index contributed by atoms with van der Waals surface area (Å²) < 4.78 is 78.5. The Morgan fingerprint density at radius 1 is 1.25 bits per heavy atom. The number of benzene rings is 1. The van der Waals surface area contributed by atoms with Gasteiger partial charge in [-0.1, -0.05) is 0 Å². The molecular weight excluding hydrogens is 502 g/mol. The number of alkyl halides is 3. The van der Waals surface area contributed by atoms with Crippen molar-refractivity contribution in [3.8, 4) is 0 Å². The Bertz CT molecular complexity index is 1290. The fourth-order valence-corrected chi connectivity index (χ4v) is 5.45. The summed E-state index contributed by atoms with van der Waals surface area (Å²) in [5.74, 6) is -1.15. The van der Waals surface area contributed by atoms with E-state index in [9.17, 15) is 30.8 Å². The number of halogens is 4. The van der Waals surface area contributed by atoms with Gasteiger partial charge in [0.1, 0.15) is 17.6 Å². The molecule has 8 nitrogen and oxygen atoms in total. The van der Waals surface area contributed by atoms with E-state index >= 15 is 0 Å². The third kappa shape index (κ3) is 5.85. The second kappa shape index (κ2) is 10.7. The van der Waals surface area contributed by atoms with Gasteiger partial charge in [0.15, 0.2) is 0 Å². The number of aromatic nitrogens is 1. The van der Waals surface area contributed by atoms with Gasteiger partial charge in [0, 0.05) is 24.8 Å². The van der Waals surface area contributed by atoms with Crippen molar-refractivity contribution in [1.82, 2.24) is 14.6 Å². The molecule has 1 aliphatic heterocycles. The van der Waals surface area contributed by atoms with Crippen molar-refractivity contribution in [2.75, 3.05) is 13.6 Å². The zero-order valence-electron chi connectivity index (χ0n) is 19.3. The van der Waals surface area contributed by atoms with Gasteiger partial charge >= 0.3 is 6.18 Å². The van der Waals surface area contributed by atoms with Crippen LogP contribution in [0.4, 0.5) is 17.6 Å². The number of hydrogen-bond acceptors (Lipinski definition) is 6. The molecule has 0 bridgehead atoms. The van der Waals surface area contributed by atoms with Crippen LogP contribution >= 0.6 is 0 Å². The van der Waals surface area contributed by atoms with Crippen molar-refractivity contribution in [3.05, 3.63) is 71.4 Å². The Balaban J connectivity index is 1.71. The van der Waals surface area contributed by atoms with E-state index in [2.05, 4.69) is 27.0 Å². The van der Waals surface area contributed by atoms with Crippen LogP contribution in [0.25, 0.3) is 0 Å². The Morgan fingerprint density at radius 3 is 2.42 bits per heavy atom. The number of sulfonamides is 1. The van der Waals surface area contributed by atoms with E-state index in [1.54, 1.807) is 6.92 Å². The normalized spacial score (nSPS) is 19.5. The second-order valence-corrected chi connectivity index (χ2v) is 9.78. The summed E-state index contributed by atoms with van der Waals surface area (Å²) in [5.41, 5.74) is -0.257. The highest BCUT2D eigenvalue weighted by molar-refractivity contribution is 7.89. The molecule has 3 rings (SSSR count). The van der Waals surface area contributed by atoms with Crippen LogP contribution < -0.4 is 5.32 Å². The quantitative estimate of drug-likeness (QED) is 0.422. The first kappa shape index (κ1) is 27.1. The van der Waals surface area contributed by atoms with Crippen LogP contribution in [0.2, 0.25) is 0 Å². The minimum atomic E-state index is -4.58. The van der Waals surface area contributed by atoms with E-state index in [1.807, 2.05) is 0 Å². The molecule has 2 atom stereocenters. The summed E-state index contributed by atoms with van der Waals surface area (Å²) in [6, 6.07) is 4.95. The molecule has 0 unspecified atom stereocenters. The van der Waals surface area contributed by atoms with Gasteiger partial charge in [-0.25, -0.2) is 12.8 Å². The van der Waals surface area contributed by atoms with Gasteiger partial charge < -0.3 is 5.32 Å². The van der Waals surface area contributed by atoms with Gasteiger partial charge in [-0.3, -0.25) is 19.8 Å². The number of nitrogens with one attached hydrogen (secondary N) is 1. The van der Waals surface area contributed by atoms with Gasteiger partial charge in [-0.2, -0.15) is 17.5 Å². The first-order valence-corrected chi connectivity index (χ1v) is 12.1. The zero-order chi connectivity index (χ0) is 26.7. The lowest BCUT2D eigenvalue weighted by Gasteiger charge is -2.44. The van der Waals surface area contributed by atoms with Crippen molar-refractivity contribution in [1.29, 1.82) is 0 Å². The van der Waals surface area contributed by atoms with E-state index in [-0.39, 0.29) is 29.3 Å². The van der Waals surface area contributed by atoms with Crippen molar-refractivity contribution >= 4 is 28.4 Å². The molecule has 0 spiro atoms. The average molecular weight is 526 g/mol. The number of aliphatic imine (C=N–C) groups is 2. The lowest BCUT2D eigenvalue weighted by molar-refractivity contribution is -0.141. The fourth-order valence-electron chi connectivity index (χ4n) is 3.65. The largest absolute Gasteiger partial charge is 0.433 e. The van der Waals surface area contributed by atoms with Crippen LogP contribution in [0.3, 0.4) is 0 Å². The number of rotatable bonds is 8. The predicted molar refractivity (Wildman–Crippen MR) is 126 cm³/mol. The summed E-state index contributed by atoms with van der Waals surface area (Å²) >= 11 is 0. The lowest BCUT2D eigenvalue weighted by atomic mass is 9.98. The number of allylic oxidation sites excluding steroid dienone is 1. The molecule has 36 heavy (non-hydrogen) atoms. The van der Waals surface area contributed by atoms with Crippen LogP contribution in [0, 0.1) is 5.82 Å². The van der Waals surface area contributed by atoms with Crippen molar-refractivity contribution in [3.63, 3.8) is 0 Å². The minimum Gasteiger partial charge on any atom is -0.349 e. The molecule has 1 saturated heterocycles. The molecule has 1 amide bonds. The van der Waals surface area contributed by atoms with Crippen LogP contribution in [-0.2, 0) is 21.0 Å². The van der Waals surface area contributed by atoms with E-state index in [0.717, 1.165) is 40.8 Å². The van der Waals surface area contributed by atoms with Crippen LogP contribution in [0.1, 0.15) is 24.6 Å². The first-order valence-electron chi connectivity index (χ1n) is 10.6. The SMILES string of the molecule is C=N/C(=C\C(=NC)c1ccc(C(F)(F)F)nc1)CNC(=O)[C@@H]1C[C@@H](C)N1S(=O)(=O)c1ccc(F)cc1. The second-order valence-electron chi connectivity index (χ2n) is 7.94. The number of hydrogen-bond donors (Lipinski definition) is 1. The highest BCUT2D eigenvalue weighted by Crippen LogP contribution is 2.33. The third-order valence-corrected chi connectivity index (χ3v) is 7.58. The highest BCUT2D eigenvalue weighted by atomic mass is 32.2. The number of pyridine rings is 1. The Morgan fingerprint density at radius 2 is 1.92 bits per heavy atom. The topological polar surface area (TPSA) is 104 Å².